The smallest absolute Gasteiger partial charge is 0.300 e. The van der Waals surface area contributed by atoms with Crippen molar-refractivity contribution in [3.63, 3.8) is 0 Å². The number of piperidine rings is 1. The van der Waals surface area contributed by atoms with Crippen molar-refractivity contribution in [1.29, 1.82) is 0 Å². The second-order valence-corrected chi connectivity index (χ2v) is 7.64. The third-order valence-electron chi connectivity index (χ3n) is 5.74. The Morgan fingerprint density at radius 3 is 2.54 bits per heavy atom. The second kappa shape index (κ2) is 6.09. The lowest BCUT2D eigenvalue weighted by atomic mass is 9.89. The van der Waals surface area contributed by atoms with Crippen molar-refractivity contribution in [3.05, 3.63) is 34.2 Å². The number of amides is 2. The standard InChI is InChI=1S/C19H24N4O3/c1-11(2)22-9-12(10-22)13-5-4-6-14-17(13)21(3)19(26)23(14)15-7-8-16(24)20-18(15)25/h4-6,11-12,15H,7-10H2,1-3H3,(H,20,24,25). The lowest BCUT2D eigenvalue weighted by molar-refractivity contribution is -0.135. The summed E-state index contributed by atoms with van der Waals surface area (Å²) in [7, 11) is 1.76. The molecule has 1 N–H and O–H groups in total. The molecule has 2 aromatic rings. The molecule has 1 aromatic heterocycles. The molecule has 1 aromatic carbocycles. The minimum Gasteiger partial charge on any atom is -0.300 e. The Morgan fingerprint density at radius 2 is 1.88 bits per heavy atom. The average Bonchev–Trinajstić information content (AvgIpc) is 2.79. The third-order valence-corrected chi connectivity index (χ3v) is 5.74. The number of aryl methyl sites for hydroxylation is 1. The zero-order valence-electron chi connectivity index (χ0n) is 15.4. The van der Waals surface area contributed by atoms with E-state index < -0.39 is 11.9 Å². The first-order valence-electron chi connectivity index (χ1n) is 9.16. The van der Waals surface area contributed by atoms with Gasteiger partial charge < -0.3 is 0 Å². The number of hydrogen-bond donors (Lipinski definition) is 1. The number of imidazole rings is 1. The maximum atomic E-state index is 12.9. The lowest BCUT2D eigenvalue weighted by Gasteiger charge is -2.42. The highest BCUT2D eigenvalue weighted by Gasteiger charge is 2.34. The zero-order valence-corrected chi connectivity index (χ0v) is 15.4. The SMILES string of the molecule is CC(C)N1CC(c2cccc3c2n(C)c(=O)n3C2CCC(=O)NC2=O)C1. The molecule has 2 aliphatic heterocycles. The van der Waals surface area contributed by atoms with E-state index in [0.29, 0.717) is 18.4 Å². The highest BCUT2D eigenvalue weighted by atomic mass is 16.2. The summed E-state index contributed by atoms with van der Waals surface area (Å²) < 4.78 is 3.20. The number of fused-ring (bicyclic) bond motifs is 1. The Balaban J connectivity index is 1.79. The van der Waals surface area contributed by atoms with E-state index in [9.17, 15) is 14.4 Å². The second-order valence-electron chi connectivity index (χ2n) is 7.64. The van der Waals surface area contributed by atoms with Crippen LogP contribution >= 0.6 is 0 Å². The van der Waals surface area contributed by atoms with Crippen molar-refractivity contribution >= 4 is 22.8 Å². The first-order chi connectivity index (χ1) is 12.4. The van der Waals surface area contributed by atoms with E-state index in [0.717, 1.165) is 29.7 Å². The van der Waals surface area contributed by atoms with Crippen LogP contribution in [0.5, 0.6) is 0 Å². The van der Waals surface area contributed by atoms with Gasteiger partial charge in [0.25, 0.3) is 0 Å². The van der Waals surface area contributed by atoms with Crippen LogP contribution in [0.4, 0.5) is 0 Å². The maximum Gasteiger partial charge on any atom is 0.329 e. The lowest BCUT2D eigenvalue weighted by Crippen LogP contribution is -2.48. The first kappa shape index (κ1) is 17.0. The summed E-state index contributed by atoms with van der Waals surface area (Å²) >= 11 is 0. The Hall–Kier alpha value is -2.41. The highest BCUT2D eigenvalue weighted by molar-refractivity contribution is 6.00. The van der Waals surface area contributed by atoms with Crippen molar-refractivity contribution in [2.75, 3.05) is 13.1 Å². The van der Waals surface area contributed by atoms with Gasteiger partial charge in [-0.25, -0.2) is 4.79 Å². The molecule has 26 heavy (non-hydrogen) atoms. The van der Waals surface area contributed by atoms with Gasteiger partial charge in [0.15, 0.2) is 0 Å². The maximum absolute atomic E-state index is 12.9. The summed E-state index contributed by atoms with van der Waals surface area (Å²) in [4.78, 5) is 39.1. The molecule has 7 nitrogen and oxygen atoms in total. The predicted molar refractivity (Wildman–Crippen MR) is 98.0 cm³/mol. The summed E-state index contributed by atoms with van der Waals surface area (Å²) in [5.41, 5.74) is 2.62. The average molecular weight is 356 g/mol. The summed E-state index contributed by atoms with van der Waals surface area (Å²) in [6.45, 7) is 6.33. The molecule has 0 saturated carbocycles. The molecular weight excluding hydrogens is 332 g/mol. The van der Waals surface area contributed by atoms with Crippen LogP contribution in [0.2, 0.25) is 0 Å². The number of hydrogen-bond acceptors (Lipinski definition) is 4. The molecule has 0 aliphatic carbocycles. The fourth-order valence-electron chi connectivity index (χ4n) is 4.16. The molecule has 0 spiro atoms. The van der Waals surface area contributed by atoms with Crippen LogP contribution < -0.4 is 11.0 Å². The normalized spacial score (nSPS) is 22.1. The van der Waals surface area contributed by atoms with Crippen molar-refractivity contribution < 1.29 is 9.59 Å². The number of nitrogens with one attached hydrogen (secondary N) is 1. The van der Waals surface area contributed by atoms with E-state index >= 15 is 0 Å². The number of rotatable bonds is 3. The number of carbonyl (C=O) groups excluding carboxylic acids is 2. The minimum absolute atomic E-state index is 0.206. The van der Waals surface area contributed by atoms with Gasteiger partial charge >= 0.3 is 5.69 Å². The largest absolute Gasteiger partial charge is 0.329 e. The van der Waals surface area contributed by atoms with Crippen LogP contribution in [0, 0.1) is 0 Å². The van der Waals surface area contributed by atoms with Gasteiger partial charge in [-0.2, -0.15) is 0 Å². The van der Waals surface area contributed by atoms with E-state index in [2.05, 4.69) is 30.1 Å². The highest BCUT2D eigenvalue weighted by Crippen LogP contribution is 2.34. The molecule has 138 valence electrons. The van der Waals surface area contributed by atoms with Gasteiger partial charge in [0, 0.05) is 38.5 Å². The topological polar surface area (TPSA) is 76.3 Å². The number of nitrogens with zero attached hydrogens (tertiary/aromatic N) is 3. The van der Waals surface area contributed by atoms with Crippen molar-refractivity contribution in [2.24, 2.45) is 7.05 Å². The summed E-state index contributed by atoms with van der Waals surface area (Å²) in [6, 6.07) is 5.81. The van der Waals surface area contributed by atoms with E-state index in [-0.39, 0.29) is 18.0 Å². The fourth-order valence-corrected chi connectivity index (χ4v) is 4.16. The van der Waals surface area contributed by atoms with Gasteiger partial charge in [-0.3, -0.25) is 28.9 Å². The van der Waals surface area contributed by atoms with Gasteiger partial charge in [-0.15, -0.1) is 0 Å². The Bertz CT molecular complexity index is 950. The number of para-hydroxylation sites is 1. The van der Waals surface area contributed by atoms with Crippen LogP contribution in [0.15, 0.2) is 23.0 Å². The first-order valence-corrected chi connectivity index (χ1v) is 9.16. The molecule has 0 radical (unpaired) electrons. The van der Waals surface area contributed by atoms with Crippen molar-refractivity contribution in [2.45, 2.75) is 44.7 Å². The molecule has 2 saturated heterocycles. The van der Waals surface area contributed by atoms with E-state index in [4.69, 9.17) is 0 Å². The van der Waals surface area contributed by atoms with Crippen molar-refractivity contribution in [3.8, 4) is 0 Å². The third kappa shape index (κ3) is 2.49. The summed E-state index contributed by atoms with van der Waals surface area (Å²) in [5, 5.41) is 2.35. The van der Waals surface area contributed by atoms with E-state index in [1.165, 1.54) is 0 Å². The monoisotopic (exact) mass is 356 g/mol. The molecule has 1 unspecified atom stereocenters. The van der Waals surface area contributed by atoms with Gasteiger partial charge in [0.1, 0.15) is 6.04 Å². The molecular formula is C19H24N4O3. The molecule has 3 heterocycles. The van der Waals surface area contributed by atoms with Crippen LogP contribution in [0.1, 0.15) is 44.2 Å². The van der Waals surface area contributed by atoms with Crippen molar-refractivity contribution in [1.82, 2.24) is 19.4 Å². The number of benzene rings is 1. The van der Waals surface area contributed by atoms with E-state index in [1.54, 1.807) is 16.2 Å². The van der Waals surface area contributed by atoms with Gasteiger partial charge in [0.2, 0.25) is 11.8 Å². The zero-order chi connectivity index (χ0) is 18.6. The van der Waals surface area contributed by atoms with Gasteiger partial charge in [-0.05, 0) is 31.9 Å². The number of aromatic nitrogens is 2. The molecule has 2 fully saturated rings. The quantitative estimate of drug-likeness (QED) is 0.837. The Kier molecular flexibility index (Phi) is 3.99. The minimum atomic E-state index is -0.632. The molecule has 2 amide bonds. The van der Waals surface area contributed by atoms with Gasteiger partial charge in [0.05, 0.1) is 11.0 Å². The van der Waals surface area contributed by atoms with Crippen LogP contribution in [0.3, 0.4) is 0 Å². The molecule has 4 rings (SSSR count). The molecule has 0 bridgehead atoms. The van der Waals surface area contributed by atoms with Crippen LogP contribution in [0.25, 0.3) is 11.0 Å². The fraction of sp³-hybridized carbons (Fsp3) is 0.526. The molecule has 1 atom stereocenters. The van der Waals surface area contributed by atoms with Gasteiger partial charge in [-0.1, -0.05) is 12.1 Å². The van der Waals surface area contributed by atoms with Crippen LogP contribution in [-0.2, 0) is 16.6 Å². The Labute approximate surface area is 151 Å². The number of imide groups is 1. The number of likely N-dealkylation sites (tertiary alicyclic amines) is 1. The number of carbonyl (C=O) groups is 2. The molecule has 7 heteroatoms. The predicted octanol–water partition coefficient (Wildman–Crippen LogP) is 1.13. The Morgan fingerprint density at radius 1 is 1.15 bits per heavy atom. The van der Waals surface area contributed by atoms with E-state index in [1.807, 2.05) is 12.1 Å². The summed E-state index contributed by atoms with van der Waals surface area (Å²) in [5.74, 6) is -0.274. The summed E-state index contributed by atoms with van der Waals surface area (Å²) in [6.07, 6.45) is 0.614. The molecule has 2 aliphatic rings. The van der Waals surface area contributed by atoms with Crippen LogP contribution in [-0.4, -0.2) is 45.0 Å².